The molecule has 1 aromatic heterocycles. The lowest BCUT2D eigenvalue weighted by atomic mass is 10.2. The second kappa shape index (κ2) is 6.45. The zero-order valence-corrected chi connectivity index (χ0v) is 12.7. The lowest BCUT2D eigenvalue weighted by molar-refractivity contribution is 1.41. The maximum absolute atomic E-state index is 7.01. The quantitative estimate of drug-likeness (QED) is 0.368. The number of allylic oxidation sites excluding steroid dienone is 5. The van der Waals surface area contributed by atoms with Crippen molar-refractivity contribution in [3.63, 3.8) is 0 Å². The molecule has 0 atom stereocenters. The zero-order chi connectivity index (χ0) is 15.4. The molecule has 2 N–H and O–H groups in total. The number of nitrogens with zero attached hydrogens (tertiary/aromatic N) is 1. The van der Waals surface area contributed by atoms with Crippen molar-refractivity contribution in [2.24, 2.45) is 0 Å². The van der Waals surface area contributed by atoms with Gasteiger partial charge in [-0.05, 0) is 28.7 Å². The monoisotopic (exact) mass is 305 g/mol. The Hall–Kier alpha value is -2.59. The van der Waals surface area contributed by atoms with E-state index in [-0.39, 0.29) is 0 Å². The molecule has 1 heterocycles. The van der Waals surface area contributed by atoms with Crippen LogP contribution in [0.3, 0.4) is 0 Å². The number of anilines is 1. The fourth-order valence-corrected chi connectivity index (χ4v) is 2.50. The van der Waals surface area contributed by atoms with Crippen molar-refractivity contribution in [3.8, 4) is 0 Å². The highest BCUT2D eigenvalue weighted by atomic mass is 32.1. The minimum Gasteiger partial charge on any atom is -0.361 e. The Balaban J connectivity index is 1.96. The van der Waals surface area contributed by atoms with Gasteiger partial charge in [-0.25, -0.2) is 0 Å². The molecular formula is C18H15N3S. The van der Waals surface area contributed by atoms with E-state index in [1.165, 1.54) is 22.9 Å². The topological polar surface area (TPSA) is 48.8 Å². The van der Waals surface area contributed by atoms with Gasteiger partial charge in [0.05, 0.1) is 5.52 Å². The summed E-state index contributed by atoms with van der Waals surface area (Å²) in [6.07, 6.45) is 14.4. The molecular weight excluding hydrogens is 290 g/mol. The number of hydrogen-bond donors (Lipinski definition) is 3. The number of rotatable bonds is 5. The number of fused-ring (bicyclic) bond motifs is 3. The lowest BCUT2D eigenvalue weighted by Crippen LogP contribution is -1.90. The third kappa shape index (κ3) is 2.73. The first-order chi connectivity index (χ1) is 10.9. The summed E-state index contributed by atoms with van der Waals surface area (Å²) in [5.41, 5.74) is 5.71. The summed E-state index contributed by atoms with van der Waals surface area (Å²) in [5.74, 6) is 0. The Morgan fingerprint density at radius 3 is 2.82 bits per heavy atom. The third-order valence-corrected chi connectivity index (χ3v) is 3.58. The van der Waals surface area contributed by atoms with E-state index < -0.39 is 0 Å². The normalized spacial score (nSPS) is 15.2. The van der Waals surface area contributed by atoms with Gasteiger partial charge in [-0.1, -0.05) is 36.4 Å². The Bertz CT molecular complexity index is 845. The molecule has 3 nitrogen and oxygen atoms in total. The van der Waals surface area contributed by atoms with Crippen LogP contribution in [0.2, 0.25) is 0 Å². The lowest BCUT2D eigenvalue weighted by Gasteiger charge is -2.04. The van der Waals surface area contributed by atoms with Crippen molar-refractivity contribution in [2.75, 3.05) is 5.32 Å². The van der Waals surface area contributed by atoms with E-state index in [0.29, 0.717) is 0 Å². The number of benzene rings is 1. The molecule has 1 aromatic carbocycles. The third-order valence-electron chi connectivity index (χ3n) is 3.41. The molecule has 0 fully saturated rings. The molecule has 0 amide bonds. The van der Waals surface area contributed by atoms with Gasteiger partial charge in [-0.3, -0.25) is 4.98 Å². The standard InChI is InChI=1S/C18H15N3S/c19-9-4-10-20-16-8-11-21-18-15(16)7-6-14-13(17(14)18)5-2-1-3-12-22/h1-12,19,22H,(H,20,21)/b2-1-,10-4-,12-3+,13-5-,19-9?. The number of hydrogen-bond acceptors (Lipinski definition) is 4. The van der Waals surface area contributed by atoms with Crippen LogP contribution in [-0.2, 0) is 0 Å². The van der Waals surface area contributed by atoms with Crippen LogP contribution in [0, 0.1) is 5.41 Å². The highest BCUT2D eigenvalue weighted by Gasteiger charge is 2.28. The molecule has 0 radical (unpaired) electrons. The molecule has 3 rings (SSSR count). The van der Waals surface area contributed by atoms with Gasteiger partial charge in [0.2, 0.25) is 0 Å². The molecule has 1 aliphatic carbocycles. The summed E-state index contributed by atoms with van der Waals surface area (Å²) in [6, 6.07) is 6.14. The summed E-state index contributed by atoms with van der Waals surface area (Å²) in [5, 5.41) is 13.0. The zero-order valence-electron chi connectivity index (χ0n) is 11.8. The van der Waals surface area contributed by atoms with E-state index in [2.05, 4.69) is 41.1 Å². The van der Waals surface area contributed by atoms with Gasteiger partial charge in [0.25, 0.3) is 0 Å². The minimum absolute atomic E-state index is 0.991. The molecule has 0 bridgehead atoms. The van der Waals surface area contributed by atoms with Gasteiger partial charge in [0, 0.05) is 35.2 Å². The van der Waals surface area contributed by atoms with Gasteiger partial charge in [-0.2, -0.15) is 12.6 Å². The summed E-state index contributed by atoms with van der Waals surface area (Å²) in [4.78, 5) is 4.52. The molecule has 1 aliphatic rings. The van der Waals surface area contributed by atoms with Crippen LogP contribution in [-0.4, -0.2) is 11.2 Å². The SMILES string of the molecule is N=C/C=C\Nc1ccnc2c3c(ccc12)/C3=C/C=C\C=C\S. The Labute approximate surface area is 134 Å². The average Bonchev–Trinajstić information content (AvgIpc) is 3.26. The maximum atomic E-state index is 7.01. The van der Waals surface area contributed by atoms with Crippen LogP contribution in [0.15, 0.2) is 66.4 Å². The minimum atomic E-state index is 0.991. The predicted molar refractivity (Wildman–Crippen MR) is 97.6 cm³/mol. The number of pyridine rings is 1. The molecule has 22 heavy (non-hydrogen) atoms. The second-order valence-corrected chi connectivity index (χ2v) is 5.02. The Kier molecular flexibility index (Phi) is 4.21. The first kappa shape index (κ1) is 14.4. The highest BCUT2D eigenvalue weighted by molar-refractivity contribution is 7.83. The van der Waals surface area contributed by atoms with Crippen LogP contribution in [0.5, 0.6) is 0 Å². The van der Waals surface area contributed by atoms with E-state index in [9.17, 15) is 0 Å². The van der Waals surface area contributed by atoms with E-state index >= 15 is 0 Å². The van der Waals surface area contributed by atoms with Crippen LogP contribution in [0.25, 0.3) is 16.5 Å². The summed E-state index contributed by atoms with van der Waals surface area (Å²) < 4.78 is 0. The largest absolute Gasteiger partial charge is 0.361 e. The molecule has 4 heteroatoms. The van der Waals surface area contributed by atoms with Crippen molar-refractivity contribution in [3.05, 3.63) is 77.5 Å². The average molecular weight is 305 g/mol. The summed E-state index contributed by atoms with van der Waals surface area (Å²) in [7, 11) is 0. The summed E-state index contributed by atoms with van der Waals surface area (Å²) in [6.45, 7) is 0. The van der Waals surface area contributed by atoms with Crippen LogP contribution in [0.4, 0.5) is 5.69 Å². The van der Waals surface area contributed by atoms with Crippen LogP contribution >= 0.6 is 12.6 Å². The maximum Gasteiger partial charge on any atom is 0.0807 e. The fourth-order valence-electron chi connectivity index (χ4n) is 2.40. The molecule has 0 saturated heterocycles. The molecule has 0 aliphatic heterocycles. The van der Waals surface area contributed by atoms with Crippen molar-refractivity contribution in [2.45, 2.75) is 0 Å². The Morgan fingerprint density at radius 1 is 1.09 bits per heavy atom. The van der Waals surface area contributed by atoms with Crippen LogP contribution in [0.1, 0.15) is 11.1 Å². The van der Waals surface area contributed by atoms with Gasteiger partial charge >= 0.3 is 0 Å². The number of thiol groups is 1. The van der Waals surface area contributed by atoms with Crippen molar-refractivity contribution < 1.29 is 0 Å². The molecule has 108 valence electrons. The Morgan fingerprint density at radius 2 is 2.00 bits per heavy atom. The van der Waals surface area contributed by atoms with Gasteiger partial charge in [0.1, 0.15) is 0 Å². The van der Waals surface area contributed by atoms with Crippen LogP contribution < -0.4 is 5.32 Å². The van der Waals surface area contributed by atoms with Crippen molar-refractivity contribution >= 4 is 41.0 Å². The van der Waals surface area contributed by atoms with E-state index in [1.807, 2.05) is 24.3 Å². The molecule has 0 unspecified atom stereocenters. The van der Waals surface area contributed by atoms with Crippen molar-refractivity contribution in [1.82, 2.24) is 4.98 Å². The molecule has 0 saturated carbocycles. The second-order valence-electron chi connectivity index (χ2n) is 4.72. The molecule has 0 spiro atoms. The number of aromatic nitrogens is 1. The van der Waals surface area contributed by atoms with Gasteiger partial charge < -0.3 is 10.7 Å². The van der Waals surface area contributed by atoms with E-state index in [1.54, 1.807) is 23.9 Å². The first-order valence-electron chi connectivity index (χ1n) is 6.89. The smallest absolute Gasteiger partial charge is 0.0807 e. The van der Waals surface area contributed by atoms with Gasteiger partial charge in [-0.15, -0.1) is 0 Å². The van der Waals surface area contributed by atoms with E-state index in [0.717, 1.165) is 16.6 Å². The summed E-state index contributed by atoms with van der Waals surface area (Å²) >= 11 is 4.02. The van der Waals surface area contributed by atoms with Crippen molar-refractivity contribution in [1.29, 1.82) is 5.41 Å². The highest BCUT2D eigenvalue weighted by Crippen LogP contribution is 2.47. The first-order valence-corrected chi connectivity index (χ1v) is 7.41. The van der Waals surface area contributed by atoms with Gasteiger partial charge in [0.15, 0.2) is 0 Å². The molecule has 2 aromatic rings. The predicted octanol–water partition coefficient (Wildman–Crippen LogP) is 4.55. The number of nitrogens with one attached hydrogen (secondary N) is 2. The fraction of sp³-hybridized carbons (Fsp3) is 0. The van der Waals surface area contributed by atoms with E-state index in [4.69, 9.17) is 5.41 Å².